The van der Waals surface area contributed by atoms with E-state index in [9.17, 15) is 9.59 Å². The summed E-state index contributed by atoms with van der Waals surface area (Å²) in [4.78, 5) is 29.8. The quantitative estimate of drug-likeness (QED) is 0.351. The van der Waals surface area contributed by atoms with Crippen LogP contribution >= 0.6 is 11.8 Å². The second-order valence-corrected chi connectivity index (χ2v) is 9.73. The van der Waals surface area contributed by atoms with Crippen LogP contribution < -0.4 is 10.6 Å². The van der Waals surface area contributed by atoms with Crippen LogP contribution in [0.4, 0.5) is 5.69 Å². The maximum Gasteiger partial charge on any atom is 0.328 e. The molecule has 8 heteroatoms. The molecule has 0 saturated heterocycles. The molecule has 1 atom stereocenters. The van der Waals surface area contributed by atoms with Crippen molar-refractivity contribution in [3.05, 3.63) is 72.3 Å². The number of hydrogen-bond acceptors (Lipinski definition) is 6. The van der Waals surface area contributed by atoms with Gasteiger partial charge in [-0.3, -0.25) is 4.79 Å². The van der Waals surface area contributed by atoms with Crippen LogP contribution in [-0.2, 0) is 22.6 Å². The Balaban J connectivity index is 1.85. The van der Waals surface area contributed by atoms with Gasteiger partial charge in [0.05, 0.1) is 25.7 Å². The largest absolute Gasteiger partial charge is 0.467 e. The first-order chi connectivity index (χ1) is 16.9. The molecule has 1 amide bonds. The Morgan fingerprint density at radius 3 is 2.60 bits per heavy atom. The van der Waals surface area contributed by atoms with Crippen molar-refractivity contribution >= 4 is 29.3 Å². The maximum absolute atomic E-state index is 13.3. The second-order valence-electron chi connectivity index (χ2n) is 8.74. The average molecular weight is 495 g/mol. The van der Waals surface area contributed by atoms with Gasteiger partial charge in [-0.15, -0.1) is 0 Å². The highest BCUT2D eigenvalue weighted by Crippen LogP contribution is 2.28. The number of esters is 1. The SMILES string of the molecule is COC(=O)[C@H](CCSC)NC(=O)c1ccc(NCc2cncn2CC(C)C)cc1-c1ccccc1. The van der Waals surface area contributed by atoms with Crippen molar-refractivity contribution in [2.24, 2.45) is 5.92 Å². The number of methoxy groups -OCH3 is 1. The van der Waals surface area contributed by atoms with Gasteiger partial charge in [0.2, 0.25) is 0 Å². The second kappa shape index (κ2) is 13.0. The molecule has 0 aliphatic rings. The van der Waals surface area contributed by atoms with E-state index in [0.29, 0.717) is 24.4 Å². The van der Waals surface area contributed by atoms with Crippen LogP contribution in [0.1, 0.15) is 36.3 Å². The van der Waals surface area contributed by atoms with Crippen LogP contribution in [0.15, 0.2) is 61.1 Å². The average Bonchev–Trinajstić information content (AvgIpc) is 3.31. The lowest BCUT2D eigenvalue weighted by molar-refractivity contribution is -0.142. The minimum atomic E-state index is -0.692. The molecule has 0 saturated carbocycles. The van der Waals surface area contributed by atoms with Crippen LogP contribution in [0.5, 0.6) is 0 Å². The van der Waals surface area contributed by atoms with Crippen molar-refractivity contribution in [1.82, 2.24) is 14.9 Å². The summed E-state index contributed by atoms with van der Waals surface area (Å²) >= 11 is 1.62. The van der Waals surface area contributed by atoms with E-state index in [1.165, 1.54) is 7.11 Å². The number of nitrogens with one attached hydrogen (secondary N) is 2. The lowest BCUT2D eigenvalue weighted by Gasteiger charge is -2.18. The molecule has 0 radical (unpaired) electrons. The number of ether oxygens (including phenoxy) is 1. The van der Waals surface area contributed by atoms with E-state index in [1.807, 2.05) is 61.2 Å². The van der Waals surface area contributed by atoms with Crippen molar-refractivity contribution in [1.29, 1.82) is 0 Å². The Morgan fingerprint density at radius 2 is 1.91 bits per heavy atom. The van der Waals surface area contributed by atoms with Gasteiger partial charge in [0.1, 0.15) is 6.04 Å². The zero-order valence-corrected chi connectivity index (χ0v) is 21.6. The van der Waals surface area contributed by atoms with E-state index in [1.54, 1.807) is 17.8 Å². The molecule has 2 aromatic carbocycles. The summed E-state index contributed by atoms with van der Waals surface area (Å²) in [5.41, 5.74) is 4.20. The monoisotopic (exact) mass is 494 g/mol. The number of carbonyl (C=O) groups excluding carboxylic acids is 2. The van der Waals surface area contributed by atoms with E-state index in [2.05, 4.69) is 34.0 Å². The van der Waals surface area contributed by atoms with Crippen LogP contribution in [-0.4, -0.2) is 46.6 Å². The van der Waals surface area contributed by atoms with Crippen LogP contribution in [0, 0.1) is 5.92 Å². The highest BCUT2D eigenvalue weighted by Gasteiger charge is 2.23. The number of amides is 1. The van der Waals surface area contributed by atoms with Gasteiger partial charge >= 0.3 is 5.97 Å². The molecule has 1 heterocycles. The van der Waals surface area contributed by atoms with E-state index in [4.69, 9.17) is 4.74 Å². The number of benzene rings is 2. The Bertz CT molecular complexity index is 1110. The molecule has 3 aromatic rings. The molecule has 0 spiro atoms. The highest BCUT2D eigenvalue weighted by atomic mass is 32.2. The minimum Gasteiger partial charge on any atom is -0.467 e. The van der Waals surface area contributed by atoms with Crippen molar-refractivity contribution in [2.45, 2.75) is 39.4 Å². The number of nitrogens with zero attached hydrogens (tertiary/aromatic N) is 2. The molecule has 0 aliphatic heterocycles. The molecule has 2 N–H and O–H groups in total. The fraction of sp³-hybridized carbons (Fsp3) is 0.370. The standard InChI is InChI=1S/C27H34N4O3S/c1-19(2)17-31-18-28-15-22(31)16-29-21-10-11-23(24(14-21)20-8-6-5-7-9-20)26(32)30-25(12-13-35-4)27(33)34-3/h5-11,14-15,18-19,25,29H,12-13,16-17H2,1-4H3,(H,30,32)/t25-/m0/s1. The van der Waals surface area contributed by atoms with Crippen LogP contribution in [0.3, 0.4) is 0 Å². The first kappa shape index (κ1) is 26.3. The molecule has 7 nitrogen and oxygen atoms in total. The number of thioether (sulfide) groups is 1. The van der Waals surface area contributed by atoms with Gasteiger partial charge in [-0.25, -0.2) is 9.78 Å². The number of anilines is 1. The van der Waals surface area contributed by atoms with Gasteiger partial charge in [0.25, 0.3) is 5.91 Å². The fourth-order valence-corrected chi connectivity index (χ4v) is 4.29. The Labute approximate surface area is 211 Å². The summed E-state index contributed by atoms with van der Waals surface area (Å²) in [6.07, 6.45) is 6.20. The number of imidazole rings is 1. The van der Waals surface area contributed by atoms with Gasteiger partial charge in [-0.2, -0.15) is 11.8 Å². The molecule has 186 valence electrons. The van der Waals surface area contributed by atoms with E-state index in [0.717, 1.165) is 34.8 Å². The Morgan fingerprint density at radius 1 is 1.14 bits per heavy atom. The lowest BCUT2D eigenvalue weighted by Crippen LogP contribution is -2.42. The Hall–Kier alpha value is -3.26. The van der Waals surface area contributed by atoms with Crippen molar-refractivity contribution in [3.63, 3.8) is 0 Å². The summed E-state index contributed by atoms with van der Waals surface area (Å²) in [6.45, 7) is 5.88. The molecule has 1 aromatic heterocycles. The third-order valence-electron chi connectivity index (χ3n) is 5.58. The number of hydrogen-bond donors (Lipinski definition) is 2. The van der Waals surface area contributed by atoms with E-state index in [-0.39, 0.29) is 5.91 Å². The van der Waals surface area contributed by atoms with Gasteiger partial charge in [-0.05, 0) is 53.7 Å². The Kier molecular flexibility index (Phi) is 9.78. The van der Waals surface area contributed by atoms with Crippen molar-refractivity contribution in [2.75, 3.05) is 24.4 Å². The molecule has 0 aliphatic carbocycles. The molecule has 0 bridgehead atoms. The predicted octanol–water partition coefficient (Wildman–Crippen LogP) is 4.84. The van der Waals surface area contributed by atoms with Crippen LogP contribution in [0.25, 0.3) is 11.1 Å². The first-order valence-corrected chi connectivity index (χ1v) is 13.1. The minimum absolute atomic E-state index is 0.304. The molecular formula is C27H34N4O3S. The number of carbonyl (C=O) groups is 2. The fourth-order valence-electron chi connectivity index (χ4n) is 3.82. The van der Waals surface area contributed by atoms with Gasteiger partial charge in [-0.1, -0.05) is 44.2 Å². The third-order valence-corrected chi connectivity index (χ3v) is 6.23. The molecular weight excluding hydrogens is 460 g/mol. The summed E-state index contributed by atoms with van der Waals surface area (Å²) in [5.74, 6) is 0.518. The first-order valence-electron chi connectivity index (χ1n) is 11.7. The normalized spacial score (nSPS) is 11.8. The summed E-state index contributed by atoms with van der Waals surface area (Å²) in [6, 6.07) is 14.7. The van der Waals surface area contributed by atoms with Crippen molar-refractivity contribution < 1.29 is 14.3 Å². The zero-order chi connectivity index (χ0) is 25.2. The van der Waals surface area contributed by atoms with Gasteiger partial charge in [0, 0.05) is 24.0 Å². The number of aromatic nitrogens is 2. The predicted molar refractivity (Wildman–Crippen MR) is 143 cm³/mol. The summed E-state index contributed by atoms with van der Waals surface area (Å²) in [5, 5.41) is 6.33. The molecule has 3 rings (SSSR count). The van der Waals surface area contributed by atoms with Crippen LogP contribution in [0.2, 0.25) is 0 Å². The van der Waals surface area contributed by atoms with Gasteiger partial charge < -0.3 is 19.9 Å². The molecule has 0 unspecified atom stereocenters. The van der Waals surface area contributed by atoms with Crippen molar-refractivity contribution in [3.8, 4) is 11.1 Å². The zero-order valence-electron chi connectivity index (χ0n) is 20.8. The van der Waals surface area contributed by atoms with E-state index < -0.39 is 12.0 Å². The van der Waals surface area contributed by atoms with Gasteiger partial charge in [0.15, 0.2) is 0 Å². The lowest BCUT2D eigenvalue weighted by atomic mass is 9.98. The topological polar surface area (TPSA) is 85.2 Å². The summed E-state index contributed by atoms with van der Waals surface area (Å²) < 4.78 is 7.05. The molecule has 0 fully saturated rings. The number of rotatable bonds is 12. The summed E-state index contributed by atoms with van der Waals surface area (Å²) in [7, 11) is 1.34. The maximum atomic E-state index is 13.3. The highest BCUT2D eigenvalue weighted by molar-refractivity contribution is 7.98. The smallest absolute Gasteiger partial charge is 0.328 e. The van der Waals surface area contributed by atoms with E-state index >= 15 is 0 Å². The molecule has 35 heavy (non-hydrogen) atoms. The third kappa shape index (κ3) is 7.36.